The molecule has 3 fully saturated rings. The highest BCUT2D eigenvalue weighted by Gasteiger charge is 2.54. The van der Waals surface area contributed by atoms with Crippen molar-refractivity contribution >= 4 is 5.97 Å². The molecule has 3 rings (SSSR count). The van der Waals surface area contributed by atoms with Gasteiger partial charge >= 0.3 is 5.97 Å². The molecule has 1 saturated heterocycles. The smallest absolute Gasteiger partial charge is 0.329 e. The Morgan fingerprint density at radius 2 is 2.10 bits per heavy atom. The summed E-state index contributed by atoms with van der Waals surface area (Å²) in [5.41, 5.74) is -0.629. The first kappa shape index (κ1) is 15.3. The number of hydrogen-bond donors (Lipinski definition) is 1. The number of carbonyl (C=O) groups excluding carboxylic acids is 1. The number of carbonyl (C=O) groups is 1. The molecule has 2 aliphatic carbocycles. The molecule has 120 valence electrons. The molecule has 1 heterocycles. The average molecular weight is 297 g/mol. The van der Waals surface area contributed by atoms with Gasteiger partial charge in [-0.1, -0.05) is 0 Å². The van der Waals surface area contributed by atoms with Gasteiger partial charge in [-0.15, -0.1) is 0 Å². The van der Waals surface area contributed by atoms with Gasteiger partial charge in [-0.3, -0.25) is 5.32 Å². The fourth-order valence-corrected chi connectivity index (χ4v) is 3.12. The van der Waals surface area contributed by atoms with Crippen LogP contribution in [-0.4, -0.2) is 50.1 Å². The van der Waals surface area contributed by atoms with E-state index >= 15 is 0 Å². The molecule has 0 aromatic rings. The summed E-state index contributed by atoms with van der Waals surface area (Å²) in [6.07, 6.45) is 6.85. The fraction of sp³-hybridized carbons (Fsp3) is 0.938. The van der Waals surface area contributed by atoms with Crippen molar-refractivity contribution in [2.45, 2.75) is 63.1 Å². The van der Waals surface area contributed by atoms with Crippen LogP contribution in [0.1, 0.15) is 45.4 Å². The predicted molar refractivity (Wildman–Crippen MR) is 78.0 cm³/mol. The molecule has 5 nitrogen and oxygen atoms in total. The molecule has 0 aromatic carbocycles. The molecule has 21 heavy (non-hydrogen) atoms. The van der Waals surface area contributed by atoms with Crippen molar-refractivity contribution in [3.63, 3.8) is 0 Å². The molecule has 0 amide bonds. The van der Waals surface area contributed by atoms with Gasteiger partial charge in [0, 0.05) is 12.6 Å². The van der Waals surface area contributed by atoms with Gasteiger partial charge in [0.1, 0.15) is 5.54 Å². The summed E-state index contributed by atoms with van der Waals surface area (Å²) in [5.74, 6) is 0.230. The summed E-state index contributed by atoms with van der Waals surface area (Å²) in [6.45, 7) is 4.11. The normalized spacial score (nSPS) is 28.3. The summed E-state index contributed by atoms with van der Waals surface area (Å²) in [7, 11) is 0. The minimum Gasteiger partial charge on any atom is -0.465 e. The van der Waals surface area contributed by atoms with Crippen LogP contribution in [0.5, 0.6) is 0 Å². The molecule has 0 bridgehead atoms. The van der Waals surface area contributed by atoms with E-state index in [9.17, 15) is 4.79 Å². The number of nitrogens with one attached hydrogen (secondary N) is 1. The Bertz CT molecular complexity index is 361. The van der Waals surface area contributed by atoms with Crippen molar-refractivity contribution in [1.29, 1.82) is 0 Å². The largest absolute Gasteiger partial charge is 0.465 e. The molecule has 3 aliphatic rings. The molecule has 0 radical (unpaired) electrons. The summed E-state index contributed by atoms with van der Waals surface area (Å²) in [6, 6.07) is 0.460. The van der Waals surface area contributed by atoms with Gasteiger partial charge in [0.25, 0.3) is 0 Å². The minimum atomic E-state index is -0.629. The topological polar surface area (TPSA) is 56.8 Å². The van der Waals surface area contributed by atoms with Gasteiger partial charge in [-0.25, -0.2) is 4.79 Å². The lowest BCUT2D eigenvalue weighted by Gasteiger charge is -2.33. The third-order valence-corrected chi connectivity index (χ3v) is 4.61. The first-order chi connectivity index (χ1) is 10.2. The van der Waals surface area contributed by atoms with E-state index in [1.165, 1.54) is 0 Å². The monoisotopic (exact) mass is 297 g/mol. The second-order valence-electron chi connectivity index (χ2n) is 6.53. The molecule has 0 aromatic heterocycles. The van der Waals surface area contributed by atoms with Crippen LogP contribution in [0.4, 0.5) is 0 Å². The van der Waals surface area contributed by atoms with Gasteiger partial charge in [0.05, 0.1) is 25.9 Å². The van der Waals surface area contributed by atoms with Crippen molar-refractivity contribution in [1.82, 2.24) is 5.32 Å². The lowest BCUT2D eigenvalue weighted by molar-refractivity contribution is -0.156. The van der Waals surface area contributed by atoms with Gasteiger partial charge in [-0.05, 0) is 51.4 Å². The number of hydrogen-bond acceptors (Lipinski definition) is 5. The molecule has 2 unspecified atom stereocenters. The van der Waals surface area contributed by atoms with E-state index in [2.05, 4.69) is 5.32 Å². The maximum Gasteiger partial charge on any atom is 0.329 e. The Kier molecular flexibility index (Phi) is 4.82. The Hall–Kier alpha value is -0.650. The molecule has 2 saturated carbocycles. The Balaban J connectivity index is 1.60. The summed E-state index contributed by atoms with van der Waals surface area (Å²) >= 11 is 0. The van der Waals surface area contributed by atoms with Gasteiger partial charge < -0.3 is 14.2 Å². The van der Waals surface area contributed by atoms with Crippen molar-refractivity contribution in [3.8, 4) is 0 Å². The first-order valence-electron chi connectivity index (χ1n) is 8.39. The Morgan fingerprint density at radius 1 is 1.29 bits per heavy atom. The molecular formula is C16H27NO4. The average Bonchev–Trinajstić information content (AvgIpc) is 3.39. The van der Waals surface area contributed by atoms with E-state index in [0.717, 1.165) is 45.1 Å². The highest BCUT2D eigenvalue weighted by molar-refractivity contribution is 5.82. The van der Waals surface area contributed by atoms with E-state index in [-0.39, 0.29) is 12.1 Å². The first-order valence-corrected chi connectivity index (χ1v) is 8.39. The quantitative estimate of drug-likeness (QED) is 0.656. The zero-order chi connectivity index (χ0) is 14.7. The van der Waals surface area contributed by atoms with E-state index in [4.69, 9.17) is 14.2 Å². The van der Waals surface area contributed by atoms with Crippen LogP contribution in [0.25, 0.3) is 0 Å². The zero-order valence-electron chi connectivity index (χ0n) is 12.9. The molecule has 1 aliphatic heterocycles. The maximum atomic E-state index is 12.5. The second-order valence-corrected chi connectivity index (χ2v) is 6.53. The molecule has 0 spiro atoms. The van der Waals surface area contributed by atoms with Gasteiger partial charge in [-0.2, -0.15) is 0 Å². The molecule has 2 atom stereocenters. The highest BCUT2D eigenvalue weighted by Crippen LogP contribution is 2.42. The second kappa shape index (κ2) is 6.63. The van der Waals surface area contributed by atoms with Crippen LogP contribution in [0, 0.1) is 5.92 Å². The Morgan fingerprint density at radius 3 is 2.67 bits per heavy atom. The van der Waals surface area contributed by atoms with E-state index in [0.29, 0.717) is 31.8 Å². The van der Waals surface area contributed by atoms with Crippen molar-refractivity contribution in [3.05, 3.63) is 0 Å². The lowest BCUT2D eigenvalue weighted by atomic mass is 9.93. The fourth-order valence-electron chi connectivity index (χ4n) is 3.12. The number of esters is 1. The van der Waals surface area contributed by atoms with Crippen LogP contribution in [0.2, 0.25) is 0 Å². The highest BCUT2D eigenvalue weighted by atomic mass is 16.5. The molecular weight excluding hydrogens is 270 g/mol. The summed E-state index contributed by atoms with van der Waals surface area (Å²) in [5, 5.41) is 3.54. The van der Waals surface area contributed by atoms with Gasteiger partial charge in [0.15, 0.2) is 0 Å². The summed E-state index contributed by atoms with van der Waals surface area (Å²) < 4.78 is 16.8. The molecule has 1 N–H and O–H groups in total. The van der Waals surface area contributed by atoms with E-state index in [1.54, 1.807) is 0 Å². The third-order valence-electron chi connectivity index (χ3n) is 4.61. The van der Waals surface area contributed by atoms with Crippen LogP contribution in [0.15, 0.2) is 0 Å². The number of ether oxygens (including phenoxy) is 3. The van der Waals surface area contributed by atoms with Crippen LogP contribution in [-0.2, 0) is 19.0 Å². The van der Waals surface area contributed by atoms with Crippen molar-refractivity contribution in [2.24, 2.45) is 5.92 Å². The van der Waals surface area contributed by atoms with Crippen LogP contribution < -0.4 is 5.32 Å². The number of rotatable bonds is 9. The minimum absolute atomic E-state index is 0.133. The zero-order valence-corrected chi connectivity index (χ0v) is 12.9. The summed E-state index contributed by atoms with van der Waals surface area (Å²) in [4.78, 5) is 12.5. The van der Waals surface area contributed by atoms with Gasteiger partial charge in [0.2, 0.25) is 0 Å². The van der Waals surface area contributed by atoms with Crippen LogP contribution >= 0.6 is 0 Å². The van der Waals surface area contributed by atoms with Crippen molar-refractivity contribution in [2.75, 3.05) is 26.4 Å². The van der Waals surface area contributed by atoms with E-state index < -0.39 is 5.54 Å². The Labute approximate surface area is 126 Å². The van der Waals surface area contributed by atoms with E-state index in [1.807, 2.05) is 6.92 Å². The standard InChI is InChI=1S/C16H27NO4/c1-2-20-15(18)16(12-5-6-12,17-13-7-8-13)11-19-10-14-4-3-9-21-14/h12-14,17H,2-11H2,1H3. The van der Waals surface area contributed by atoms with Crippen LogP contribution in [0.3, 0.4) is 0 Å². The van der Waals surface area contributed by atoms with Crippen molar-refractivity contribution < 1.29 is 19.0 Å². The third kappa shape index (κ3) is 3.76. The predicted octanol–water partition coefficient (Wildman–Crippen LogP) is 1.65. The maximum absolute atomic E-state index is 12.5. The lowest BCUT2D eigenvalue weighted by Crippen LogP contribution is -2.59. The SMILES string of the molecule is CCOC(=O)C(COCC1CCCO1)(NC1CC1)C1CC1. The molecule has 5 heteroatoms.